The van der Waals surface area contributed by atoms with Gasteiger partial charge in [-0.3, -0.25) is 4.79 Å². The highest BCUT2D eigenvalue weighted by atomic mass is 16.5. The molecule has 0 aromatic rings. The van der Waals surface area contributed by atoms with Crippen molar-refractivity contribution < 1.29 is 14.6 Å². The normalized spacial score (nSPS) is 13.5. The monoisotopic (exact) mass is 246 g/mol. The molecule has 0 aliphatic heterocycles. The Labute approximate surface area is 104 Å². The van der Waals surface area contributed by atoms with Crippen molar-refractivity contribution in [2.75, 3.05) is 33.9 Å². The molecule has 1 atom stereocenters. The first-order chi connectivity index (χ1) is 7.76. The summed E-state index contributed by atoms with van der Waals surface area (Å²) in [7, 11) is 3.22. The molecule has 102 valence electrons. The summed E-state index contributed by atoms with van der Waals surface area (Å²) in [5.74, 6) is 0.0249. The Balaban J connectivity index is 3.82. The molecule has 0 aromatic carbocycles. The number of amides is 1. The van der Waals surface area contributed by atoms with Crippen LogP contribution in [-0.4, -0.2) is 61.4 Å². The van der Waals surface area contributed by atoms with Crippen LogP contribution < -0.4 is 5.32 Å². The average Bonchev–Trinajstić information content (AvgIpc) is 2.15. The lowest BCUT2D eigenvalue weighted by atomic mass is 10.1. The number of carbonyl (C=O) groups is 1. The third-order valence-corrected chi connectivity index (χ3v) is 2.26. The van der Waals surface area contributed by atoms with Gasteiger partial charge in [0.2, 0.25) is 5.91 Å². The molecule has 1 amide bonds. The number of nitrogens with one attached hydrogen (secondary N) is 1. The minimum Gasteiger partial charge on any atom is -0.389 e. The molecule has 0 saturated heterocycles. The van der Waals surface area contributed by atoms with Crippen LogP contribution in [0.15, 0.2) is 0 Å². The predicted octanol–water partition coefficient (Wildman–Crippen LogP) is 0.230. The van der Waals surface area contributed by atoms with Crippen LogP contribution in [0.4, 0.5) is 0 Å². The quantitative estimate of drug-likeness (QED) is 0.675. The van der Waals surface area contributed by atoms with Crippen LogP contribution in [0, 0.1) is 0 Å². The van der Waals surface area contributed by atoms with E-state index >= 15 is 0 Å². The van der Waals surface area contributed by atoms with Gasteiger partial charge < -0.3 is 20.1 Å². The molecule has 0 fully saturated rings. The number of carbonyl (C=O) groups excluding carboxylic acids is 1. The zero-order valence-electron chi connectivity index (χ0n) is 11.6. The molecule has 0 bridgehead atoms. The molecule has 0 aromatic heterocycles. The second-order valence-corrected chi connectivity index (χ2v) is 5.31. The predicted molar refractivity (Wildman–Crippen MR) is 67.9 cm³/mol. The smallest absolute Gasteiger partial charge is 0.223 e. The maximum atomic E-state index is 11.7. The van der Waals surface area contributed by atoms with Gasteiger partial charge in [0, 0.05) is 39.2 Å². The molecule has 5 heteroatoms. The Morgan fingerprint density at radius 1 is 1.47 bits per heavy atom. The van der Waals surface area contributed by atoms with E-state index in [1.165, 1.54) is 12.0 Å². The summed E-state index contributed by atoms with van der Waals surface area (Å²) in [6.45, 7) is 7.38. The number of aliphatic hydroxyl groups is 1. The highest BCUT2D eigenvalue weighted by Gasteiger charge is 2.14. The van der Waals surface area contributed by atoms with E-state index in [9.17, 15) is 9.90 Å². The van der Waals surface area contributed by atoms with Gasteiger partial charge in [-0.05, 0) is 20.8 Å². The highest BCUT2D eigenvalue weighted by Crippen LogP contribution is 1.99. The number of aliphatic hydroxyl groups excluding tert-OH is 1. The molecular weight excluding hydrogens is 220 g/mol. The topological polar surface area (TPSA) is 61.8 Å². The molecule has 0 saturated carbocycles. The van der Waals surface area contributed by atoms with E-state index in [0.717, 1.165) is 0 Å². The van der Waals surface area contributed by atoms with Gasteiger partial charge in [0.1, 0.15) is 0 Å². The van der Waals surface area contributed by atoms with Gasteiger partial charge in [0.25, 0.3) is 0 Å². The van der Waals surface area contributed by atoms with E-state index in [0.29, 0.717) is 19.5 Å². The third kappa shape index (κ3) is 9.09. The molecule has 17 heavy (non-hydrogen) atoms. The fourth-order valence-corrected chi connectivity index (χ4v) is 1.40. The second-order valence-electron chi connectivity index (χ2n) is 5.31. The molecule has 0 radical (unpaired) electrons. The van der Waals surface area contributed by atoms with Gasteiger partial charge in [-0.2, -0.15) is 0 Å². The van der Waals surface area contributed by atoms with Crippen LogP contribution in [0.1, 0.15) is 27.2 Å². The number of ether oxygens (including phenoxy) is 1. The Hall–Kier alpha value is -0.650. The Kier molecular flexibility index (Phi) is 7.34. The standard InChI is InChI=1S/C12H26N2O3/c1-12(2,3)13-7-6-11(16)14(4)8-10(15)9-17-5/h10,13,15H,6-9H2,1-5H3. The molecule has 0 aliphatic carbocycles. The minimum absolute atomic E-state index is 0.0222. The number of likely N-dealkylation sites (N-methyl/N-ethyl adjacent to an activating group) is 1. The van der Waals surface area contributed by atoms with Crippen molar-refractivity contribution in [3.8, 4) is 0 Å². The van der Waals surface area contributed by atoms with Crippen molar-refractivity contribution in [3.63, 3.8) is 0 Å². The molecule has 0 aliphatic rings. The van der Waals surface area contributed by atoms with Crippen LogP contribution in [0.25, 0.3) is 0 Å². The lowest BCUT2D eigenvalue weighted by molar-refractivity contribution is -0.131. The van der Waals surface area contributed by atoms with E-state index in [1.54, 1.807) is 7.05 Å². The Morgan fingerprint density at radius 2 is 2.06 bits per heavy atom. The van der Waals surface area contributed by atoms with Crippen molar-refractivity contribution >= 4 is 5.91 Å². The Bertz CT molecular complexity index is 226. The summed E-state index contributed by atoms with van der Waals surface area (Å²) in [4.78, 5) is 13.2. The largest absolute Gasteiger partial charge is 0.389 e. The molecule has 5 nitrogen and oxygen atoms in total. The first-order valence-corrected chi connectivity index (χ1v) is 5.92. The van der Waals surface area contributed by atoms with Crippen molar-refractivity contribution in [3.05, 3.63) is 0 Å². The van der Waals surface area contributed by atoms with Crippen LogP contribution in [0.3, 0.4) is 0 Å². The second kappa shape index (κ2) is 7.63. The number of hydrogen-bond donors (Lipinski definition) is 2. The van der Waals surface area contributed by atoms with E-state index in [2.05, 4.69) is 26.1 Å². The van der Waals surface area contributed by atoms with Gasteiger partial charge in [-0.1, -0.05) is 0 Å². The molecule has 0 rings (SSSR count). The van der Waals surface area contributed by atoms with E-state index in [1.807, 2.05) is 0 Å². The lowest BCUT2D eigenvalue weighted by Crippen LogP contribution is -2.40. The molecule has 2 N–H and O–H groups in total. The third-order valence-electron chi connectivity index (χ3n) is 2.26. The molecule has 0 heterocycles. The van der Waals surface area contributed by atoms with Gasteiger partial charge in [-0.25, -0.2) is 0 Å². The first-order valence-electron chi connectivity index (χ1n) is 5.92. The molecule has 0 spiro atoms. The zero-order chi connectivity index (χ0) is 13.5. The van der Waals surface area contributed by atoms with Gasteiger partial charge in [-0.15, -0.1) is 0 Å². The van der Waals surface area contributed by atoms with Crippen LogP contribution in [0.2, 0.25) is 0 Å². The van der Waals surface area contributed by atoms with Crippen LogP contribution >= 0.6 is 0 Å². The van der Waals surface area contributed by atoms with Gasteiger partial charge in [0.05, 0.1) is 12.7 Å². The fourth-order valence-electron chi connectivity index (χ4n) is 1.40. The number of methoxy groups -OCH3 is 1. The maximum Gasteiger partial charge on any atom is 0.223 e. The molecular formula is C12H26N2O3. The summed E-state index contributed by atoms with van der Waals surface area (Å²) in [6.07, 6.45) is -0.183. The van der Waals surface area contributed by atoms with Crippen molar-refractivity contribution in [1.82, 2.24) is 10.2 Å². The number of nitrogens with zero attached hydrogens (tertiary/aromatic N) is 1. The van der Waals surface area contributed by atoms with Gasteiger partial charge >= 0.3 is 0 Å². The van der Waals surface area contributed by atoms with Gasteiger partial charge in [0.15, 0.2) is 0 Å². The summed E-state index contributed by atoms with van der Waals surface area (Å²) < 4.78 is 4.81. The maximum absolute atomic E-state index is 11.7. The van der Waals surface area contributed by atoms with Crippen LogP contribution in [-0.2, 0) is 9.53 Å². The van der Waals surface area contributed by atoms with Crippen molar-refractivity contribution in [2.24, 2.45) is 0 Å². The lowest BCUT2D eigenvalue weighted by Gasteiger charge is -2.23. The Morgan fingerprint density at radius 3 is 2.53 bits per heavy atom. The zero-order valence-corrected chi connectivity index (χ0v) is 11.6. The summed E-state index contributed by atoms with van der Waals surface area (Å²) in [5.41, 5.74) is 0.0222. The van der Waals surface area contributed by atoms with E-state index in [4.69, 9.17) is 4.74 Å². The van der Waals surface area contributed by atoms with Crippen molar-refractivity contribution in [2.45, 2.75) is 38.8 Å². The summed E-state index contributed by atoms with van der Waals surface area (Å²) in [6, 6.07) is 0. The first kappa shape index (κ1) is 16.4. The molecule has 1 unspecified atom stereocenters. The SMILES string of the molecule is COCC(O)CN(C)C(=O)CCNC(C)(C)C. The minimum atomic E-state index is -0.621. The average molecular weight is 246 g/mol. The fraction of sp³-hybridized carbons (Fsp3) is 0.917. The summed E-state index contributed by atoms with van der Waals surface area (Å²) >= 11 is 0. The number of hydrogen-bond acceptors (Lipinski definition) is 4. The van der Waals surface area contributed by atoms with Crippen molar-refractivity contribution in [1.29, 1.82) is 0 Å². The van der Waals surface area contributed by atoms with E-state index < -0.39 is 6.10 Å². The summed E-state index contributed by atoms with van der Waals surface area (Å²) in [5, 5.41) is 12.7. The van der Waals surface area contributed by atoms with Crippen LogP contribution in [0.5, 0.6) is 0 Å². The number of rotatable bonds is 7. The van der Waals surface area contributed by atoms with E-state index in [-0.39, 0.29) is 18.1 Å². The highest BCUT2D eigenvalue weighted by molar-refractivity contribution is 5.76.